The van der Waals surface area contributed by atoms with Crippen LogP contribution < -0.4 is 4.74 Å². The SMILES string of the molecule is COc1cc(F)cc(F)c1C(C)(C)SC. The number of hydrogen-bond donors (Lipinski definition) is 0. The summed E-state index contributed by atoms with van der Waals surface area (Å²) in [7, 11) is 1.41. The molecule has 0 amide bonds. The molecule has 0 heterocycles. The highest BCUT2D eigenvalue weighted by atomic mass is 32.2. The van der Waals surface area contributed by atoms with Crippen LogP contribution in [0.2, 0.25) is 0 Å². The molecule has 1 aromatic rings. The van der Waals surface area contributed by atoms with Crippen LogP contribution in [0.5, 0.6) is 5.75 Å². The molecule has 15 heavy (non-hydrogen) atoms. The first-order valence-electron chi connectivity index (χ1n) is 4.51. The topological polar surface area (TPSA) is 9.23 Å². The lowest BCUT2D eigenvalue weighted by molar-refractivity contribution is 0.394. The standard InChI is InChI=1S/C11H14F2OS/c1-11(2,15-4)10-8(13)5-7(12)6-9(10)14-3/h5-6H,1-4H3. The van der Waals surface area contributed by atoms with Gasteiger partial charge in [-0.05, 0) is 20.1 Å². The number of ether oxygens (including phenoxy) is 1. The lowest BCUT2D eigenvalue weighted by atomic mass is 10.0. The second-order valence-electron chi connectivity index (χ2n) is 3.68. The van der Waals surface area contributed by atoms with Crippen LogP contribution in [0.4, 0.5) is 8.78 Å². The molecule has 0 N–H and O–H groups in total. The van der Waals surface area contributed by atoms with Crippen molar-refractivity contribution >= 4 is 11.8 Å². The van der Waals surface area contributed by atoms with Crippen LogP contribution in [-0.4, -0.2) is 13.4 Å². The van der Waals surface area contributed by atoms with Crippen LogP contribution in [0, 0.1) is 11.6 Å². The lowest BCUT2D eigenvalue weighted by Crippen LogP contribution is -2.15. The fraction of sp³-hybridized carbons (Fsp3) is 0.455. The molecule has 1 nitrogen and oxygen atoms in total. The van der Waals surface area contributed by atoms with Gasteiger partial charge in [-0.25, -0.2) is 8.78 Å². The van der Waals surface area contributed by atoms with E-state index in [9.17, 15) is 8.78 Å². The van der Waals surface area contributed by atoms with Crippen molar-refractivity contribution in [2.75, 3.05) is 13.4 Å². The molecule has 0 unspecified atom stereocenters. The molecule has 1 rings (SSSR count). The molecule has 0 atom stereocenters. The maximum Gasteiger partial charge on any atom is 0.134 e. The fourth-order valence-corrected chi connectivity index (χ4v) is 1.80. The average molecular weight is 232 g/mol. The fourth-order valence-electron chi connectivity index (χ4n) is 1.40. The Labute approximate surface area is 92.8 Å². The normalized spacial score (nSPS) is 11.6. The molecule has 0 saturated carbocycles. The van der Waals surface area contributed by atoms with Gasteiger partial charge in [-0.15, -0.1) is 0 Å². The number of halogens is 2. The van der Waals surface area contributed by atoms with Crippen LogP contribution in [0.15, 0.2) is 12.1 Å². The summed E-state index contributed by atoms with van der Waals surface area (Å²) in [5.74, 6) is -0.928. The number of methoxy groups -OCH3 is 1. The largest absolute Gasteiger partial charge is 0.496 e. The van der Waals surface area contributed by atoms with Crippen molar-refractivity contribution in [1.29, 1.82) is 0 Å². The molecule has 1 aromatic carbocycles. The molecule has 0 aromatic heterocycles. The highest BCUT2D eigenvalue weighted by molar-refractivity contribution is 7.99. The van der Waals surface area contributed by atoms with Crippen LogP contribution in [0.25, 0.3) is 0 Å². The predicted octanol–water partition coefficient (Wildman–Crippen LogP) is 3.57. The predicted molar refractivity (Wildman–Crippen MR) is 59.5 cm³/mol. The molecular weight excluding hydrogens is 218 g/mol. The van der Waals surface area contributed by atoms with Gasteiger partial charge in [0.1, 0.15) is 17.4 Å². The van der Waals surface area contributed by atoms with Gasteiger partial charge in [-0.2, -0.15) is 11.8 Å². The molecule has 4 heteroatoms. The summed E-state index contributed by atoms with van der Waals surface area (Å²) < 4.78 is 31.2. The first-order valence-corrected chi connectivity index (χ1v) is 5.73. The summed E-state index contributed by atoms with van der Waals surface area (Å²) in [5, 5.41) is 0. The van der Waals surface area contributed by atoms with E-state index >= 15 is 0 Å². The van der Waals surface area contributed by atoms with E-state index in [1.165, 1.54) is 24.9 Å². The zero-order valence-electron chi connectivity index (χ0n) is 9.23. The molecule has 0 fully saturated rings. The number of hydrogen-bond acceptors (Lipinski definition) is 2. The molecule has 84 valence electrons. The summed E-state index contributed by atoms with van der Waals surface area (Å²) in [6.45, 7) is 3.74. The summed E-state index contributed by atoms with van der Waals surface area (Å²) in [4.78, 5) is 0. The number of thioether (sulfide) groups is 1. The zero-order valence-corrected chi connectivity index (χ0v) is 10.0. The minimum atomic E-state index is -0.620. The summed E-state index contributed by atoms with van der Waals surface area (Å²) in [5.41, 5.74) is 0.402. The molecule has 0 aliphatic carbocycles. The Bertz CT molecular complexity index is 364. The Hall–Kier alpha value is -0.770. The molecule has 0 aliphatic rings. The molecular formula is C11H14F2OS. The van der Waals surface area contributed by atoms with Gasteiger partial charge in [0.25, 0.3) is 0 Å². The third-order valence-electron chi connectivity index (χ3n) is 2.35. The summed E-state index contributed by atoms with van der Waals surface area (Å²) in [6.07, 6.45) is 1.88. The van der Waals surface area contributed by atoms with Crippen LogP contribution in [-0.2, 0) is 4.75 Å². The third-order valence-corrected chi connectivity index (χ3v) is 3.58. The van der Waals surface area contributed by atoms with E-state index < -0.39 is 16.4 Å². The van der Waals surface area contributed by atoms with Crippen LogP contribution >= 0.6 is 11.8 Å². The monoisotopic (exact) mass is 232 g/mol. The Morgan fingerprint density at radius 3 is 2.33 bits per heavy atom. The van der Waals surface area contributed by atoms with Gasteiger partial charge in [0, 0.05) is 22.4 Å². The van der Waals surface area contributed by atoms with E-state index in [1.807, 2.05) is 20.1 Å². The Balaban J connectivity index is 3.39. The molecule has 0 spiro atoms. The van der Waals surface area contributed by atoms with E-state index in [1.54, 1.807) is 0 Å². The van der Waals surface area contributed by atoms with Crippen LogP contribution in [0.3, 0.4) is 0 Å². The first-order chi connectivity index (χ1) is 6.92. The summed E-state index contributed by atoms with van der Waals surface area (Å²) >= 11 is 1.49. The maximum atomic E-state index is 13.6. The van der Waals surface area contributed by atoms with E-state index in [2.05, 4.69) is 0 Å². The zero-order chi connectivity index (χ0) is 11.6. The van der Waals surface area contributed by atoms with Gasteiger partial charge < -0.3 is 4.74 Å². The Kier molecular flexibility index (Phi) is 3.60. The van der Waals surface area contributed by atoms with E-state index in [-0.39, 0.29) is 5.75 Å². The van der Waals surface area contributed by atoms with Crippen molar-refractivity contribution in [3.63, 3.8) is 0 Å². The van der Waals surface area contributed by atoms with Crippen molar-refractivity contribution < 1.29 is 13.5 Å². The second-order valence-corrected chi connectivity index (χ2v) is 5.11. The van der Waals surface area contributed by atoms with E-state index in [0.717, 1.165) is 6.07 Å². The minimum Gasteiger partial charge on any atom is -0.496 e. The van der Waals surface area contributed by atoms with Crippen molar-refractivity contribution in [3.8, 4) is 5.75 Å². The molecule has 0 aliphatic heterocycles. The second kappa shape index (κ2) is 4.39. The molecule has 0 bridgehead atoms. The van der Waals surface area contributed by atoms with Crippen molar-refractivity contribution in [3.05, 3.63) is 29.3 Å². The van der Waals surface area contributed by atoms with Gasteiger partial charge in [0.2, 0.25) is 0 Å². The van der Waals surface area contributed by atoms with E-state index in [4.69, 9.17) is 4.74 Å². The Morgan fingerprint density at radius 1 is 1.27 bits per heavy atom. The highest BCUT2D eigenvalue weighted by Gasteiger charge is 2.27. The van der Waals surface area contributed by atoms with Gasteiger partial charge >= 0.3 is 0 Å². The van der Waals surface area contributed by atoms with Crippen molar-refractivity contribution in [2.24, 2.45) is 0 Å². The Morgan fingerprint density at radius 2 is 1.87 bits per heavy atom. The van der Waals surface area contributed by atoms with Crippen molar-refractivity contribution in [1.82, 2.24) is 0 Å². The smallest absolute Gasteiger partial charge is 0.134 e. The quantitative estimate of drug-likeness (QED) is 0.788. The van der Waals surface area contributed by atoms with Gasteiger partial charge in [0.05, 0.1) is 7.11 Å². The lowest BCUT2D eigenvalue weighted by Gasteiger charge is -2.25. The van der Waals surface area contributed by atoms with Crippen LogP contribution in [0.1, 0.15) is 19.4 Å². The maximum absolute atomic E-state index is 13.6. The number of benzene rings is 1. The third kappa shape index (κ3) is 2.43. The molecule has 0 radical (unpaired) electrons. The number of rotatable bonds is 3. The first kappa shape index (κ1) is 12.3. The van der Waals surface area contributed by atoms with Gasteiger partial charge in [0.15, 0.2) is 0 Å². The van der Waals surface area contributed by atoms with Gasteiger partial charge in [-0.1, -0.05) is 0 Å². The van der Waals surface area contributed by atoms with E-state index in [0.29, 0.717) is 5.56 Å². The summed E-state index contributed by atoms with van der Waals surface area (Å²) in [6, 6.07) is 2.09. The van der Waals surface area contributed by atoms with Gasteiger partial charge in [-0.3, -0.25) is 0 Å². The average Bonchev–Trinajstić information content (AvgIpc) is 2.15. The molecule has 0 saturated heterocycles. The highest BCUT2D eigenvalue weighted by Crippen LogP contribution is 2.40. The van der Waals surface area contributed by atoms with Crippen molar-refractivity contribution in [2.45, 2.75) is 18.6 Å². The minimum absolute atomic E-state index is 0.256.